The molecule has 2 aliphatic heterocycles. The van der Waals surface area contributed by atoms with Gasteiger partial charge >= 0.3 is 13.2 Å². The molecular formula is C23H35BN2O5. The maximum absolute atomic E-state index is 13.3. The van der Waals surface area contributed by atoms with Crippen molar-refractivity contribution < 1.29 is 23.6 Å². The molecule has 8 heteroatoms. The Kier molecular flexibility index (Phi) is 6.19. The van der Waals surface area contributed by atoms with Gasteiger partial charge in [0.2, 0.25) is 0 Å². The van der Waals surface area contributed by atoms with Gasteiger partial charge in [0.05, 0.1) is 24.4 Å². The number of ether oxygens (including phenoxy) is 1. The van der Waals surface area contributed by atoms with Gasteiger partial charge in [-0.3, -0.25) is 4.79 Å². The predicted octanol–water partition coefficient (Wildman–Crippen LogP) is 2.92. The molecule has 2 aliphatic rings. The Balaban J connectivity index is 1.79. The van der Waals surface area contributed by atoms with Gasteiger partial charge in [0.25, 0.3) is 5.91 Å². The number of piperazine rings is 1. The normalized spacial score (nSPS) is 23.1. The molecule has 1 unspecified atom stereocenters. The summed E-state index contributed by atoms with van der Waals surface area (Å²) in [4.78, 5) is 29.1. The van der Waals surface area contributed by atoms with Gasteiger partial charge in [-0.05, 0) is 50.7 Å². The van der Waals surface area contributed by atoms with Crippen molar-refractivity contribution in [3.05, 3.63) is 29.8 Å². The summed E-state index contributed by atoms with van der Waals surface area (Å²) in [5.74, 6) is -0.0582. The van der Waals surface area contributed by atoms with Crippen molar-refractivity contribution in [1.29, 1.82) is 0 Å². The van der Waals surface area contributed by atoms with Crippen molar-refractivity contribution in [3.63, 3.8) is 0 Å². The van der Waals surface area contributed by atoms with E-state index >= 15 is 0 Å². The van der Waals surface area contributed by atoms with Gasteiger partial charge in [0.15, 0.2) is 0 Å². The molecule has 0 N–H and O–H groups in total. The van der Waals surface area contributed by atoms with E-state index in [9.17, 15) is 9.59 Å². The van der Waals surface area contributed by atoms with E-state index in [1.54, 1.807) is 4.90 Å². The summed E-state index contributed by atoms with van der Waals surface area (Å²) >= 11 is 0. The smallest absolute Gasteiger partial charge is 0.453 e. The lowest BCUT2D eigenvalue weighted by atomic mass is 9.78. The summed E-state index contributed by atoms with van der Waals surface area (Å²) in [6, 6.07) is 7.31. The molecule has 0 saturated carbocycles. The molecule has 0 radical (unpaired) electrons. The largest absolute Gasteiger partial charge is 0.494 e. The quantitative estimate of drug-likeness (QED) is 0.675. The second-order valence-corrected chi connectivity index (χ2v) is 10.5. The van der Waals surface area contributed by atoms with Crippen molar-refractivity contribution in [2.75, 3.05) is 26.7 Å². The van der Waals surface area contributed by atoms with E-state index in [-0.39, 0.29) is 23.5 Å². The molecule has 1 aromatic carbocycles. The van der Waals surface area contributed by atoms with E-state index in [4.69, 9.17) is 14.0 Å². The lowest BCUT2D eigenvalue weighted by Crippen LogP contribution is -2.60. The lowest BCUT2D eigenvalue weighted by molar-refractivity contribution is 0.00578. The van der Waals surface area contributed by atoms with Crippen LogP contribution in [0.25, 0.3) is 0 Å². The van der Waals surface area contributed by atoms with Gasteiger partial charge in [-0.15, -0.1) is 0 Å². The number of amides is 2. The Morgan fingerprint density at radius 1 is 1.10 bits per heavy atom. The van der Waals surface area contributed by atoms with Crippen LogP contribution in [0.4, 0.5) is 4.79 Å². The Labute approximate surface area is 186 Å². The van der Waals surface area contributed by atoms with Crippen molar-refractivity contribution in [2.45, 2.75) is 65.7 Å². The molecule has 0 aromatic heterocycles. The van der Waals surface area contributed by atoms with Gasteiger partial charge in [0.1, 0.15) is 0 Å². The average molecular weight is 430 g/mol. The summed E-state index contributed by atoms with van der Waals surface area (Å²) in [6.07, 6.45) is -0.352. The highest BCUT2D eigenvalue weighted by Gasteiger charge is 2.51. The molecule has 2 fully saturated rings. The van der Waals surface area contributed by atoms with Crippen LogP contribution in [0.3, 0.4) is 0 Å². The third-order valence-corrected chi connectivity index (χ3v) is 6.74. The van der Waals surface area contributed by atoms with Gasteiger partial charge in [0, 0.05) is 25.2 Å². The minimum absolute atomic E-state index is 0.0582. The molecule has 1 atom stereocenters. The number of hydrogen-bond acceptors (Lipinski definition) is 5. The summed E-state index contributed by atoms with van der Waals surface area (Å²) in [5, 5.41) is 0. The maximum Gasteiger partial charge on any atom is 0.494 e. The van der Waals surface area contributed by atoms with E-state index in [1.165, 1.54) is 7.11 Å². The zero-order valence-corrected chi connectivity index (χ0v) is 20.0. The van der Waals surface area contributed by atoms with Crippen LogP contribution in [-0.2, 0) is 14.0 Å². The summed E-state index contributed by atoms with van der Waals surface area (Å²) in [7, 11) is 0.872. The molecule has 31 heavy (non-hydrogen) atoms. The highest BCUT2D eigenvalue weighted by molar-refractivity contribution is 6.62. The Hall–Kier alpha value is -2.06. The van der Waals surface area contributed by atoms with Crippen LogP contribution in [0.15, 0.2) is 24.3 Å². The number of nitrogens with zero attached hydrogens (tertiary/aromatic N) is 2. The van der Waals surface area contributed by atoms with Crippen molar-refractivity contribution in [2.24, 2.45) is 5.41 Å². The summed E-state index contributed by atoms with van der Waals surface area (Å²) in [5.41, 5.74) is 0.331. The minimum Gasteiger partial charge on any atom is -0.453 e. The van der Waals surface area contributed by atoms with Gasteiger partial charge in [-0.25, -0.2) is 4.79 Å². The van der Waals surface area contributed by atoms with Crippen LogP contribution >= 0.6 is 0 Å². The van der Waals surface area contributed by atoms with E-state index in [2.05, 4.69) is 20.8 Å². The zero-order chi connectivity index (χ0) is 23.2. The van der Waals surface area contributed by atoms with E-state index < -0.39 is 18.3 Å². The molecule has 0 spiro atoms. The van der Waals surface area contributed by atoms with Crippen molar-refractivity contribution in [1.82, 2.24) is 9.80 Å². The molecule has 3 rings (SSSR count). The van der Waals surface area contributed by atoms with Crippen LogP contribution in [-0.4, -0.2) is 72.9 Å². The first-order chi connectivity index (χ1) is 14.3. The zero-order valence-electron chi connectivity index (χ0n) is 20.0. The second-order valence-electron chi connectivity index (χ2n) is 10.5. The molecule has 2 amide bonds. The van der Waals surface area contributed by atoms with Crippen LogP contribution in [0.5, 0.6) is 0 Å². The standard InChI is InChI=1S/C23H35BN2O5/c1-21(2,3)18-15-25(12-13-26(18)20(28)29-8)19(27)16-10-9-11-17(14-16)24-30-22(4,5)23(6,7)31-24/h9-11,14,18H,12-13,15H2,1-8H3. The first-order valence-corrected chi connectivity index (χ1v) is 10.9. The number of benzene rings is 1. The number of carbonyl (C=O) groups is 2. The topological polar surface area (TPSA) is 68.3 Å². The molecule has 2 heterocycles. The van der Waals surface area contributed by atoms with Gasteiger partial charge in [-0.2, -0.15) is 0 Å². The minimum atomic E-state index is -0.517. The second kappa shape index (κ2) is 8.13. The Morgan fingerprint density at radius 3 is 2.26 bits per heavy atom. The van der Waals surface area contributed by atoms with E-state index in [0.29, 0.717) is 25.2 Å². The van der Waals surface area contributed by atoms with Crippen LogP contribution in [0, 0.1) is 5.41 Å². The molecule has 0 bridgehead atoms. The SMILES string of the molecule is COC(=O)N1CCN(C(=O)c2cccc(B3OC(C)(C)C(C)(C)O3)c2)CC1C(C)(C)C. The van der Waals surface area contributed by atoms with Crippen LogP contribution in [0.2, 0.25) is 0 Å². The van der Waals surface area contributed by atoms with Crippen molar-refractivity contribution >= 4 is 24.6 Å². The molecule has 7 nitrogen and oxygen atoms in total. The number of carbonyl (C=O) groups excluding carboxylic acids is 2. The third kappa shape index (κ3) is 4.60. The summed E-state index contributed by atoms with van der Waals surface area (Å²) in [6.45, 7) is 15.6. The molecule has 170 valence electrons. The third-order valence-electron chi connectivity index (χ3n) is 6.74. The fourth-order valence-corrected chi connectivity index (χ4v) is 4.02. The van der Waals surface area contributed by atoms with Crippen LogP contribution < -0.4 is 5.46 Å². The lowest BCUT2D eigenvalue weighted by Gasteiger charge is -2.46. The highest BCUT2D eigenvalue weighted by Crippen LogP contribution is 2.36. The van der Waals surface area contributed by atoms with E-state index in [0.717, 1.165) is 5.46 Å². The Morgan fingerprint density at radius 2 is 1.71 bits per heavy atom. The Bertz CT molecular complexity index is 833. The molecule has 1 aromatic rings. The van der Waals surface area contributed by atoms with Gasteiger partial charge < -0.3 is 23.8 Å². The first-order valence-electron chi connectivity index (χ1n) is 10.9. The monoisotopic (exact) mass is 430 g/mol. The fraction of sp³-hybridized carbons (Fsp3) is 0.652. The first kappa shape index (κ1) is 23.6. The number of methoxy groups -OCH3 is 1. The molecule has 0 aliphatic carbocycles. The summed E-state index contributed by atoms with van der Waals surface area (Å²) < 4.78 is 17.2. The van der Waals surface area contributed by atoms with Crippen molar-refractivity contribution in [3.8, 4) is 0 Å². The maximum atomic E-state index is 13.3. The molecule has 2 saturated heterocycles. The predicted molar refractivity (Wildman–Crippen MR) is 120 cm³/mol. The number of hydrogen-bond donors (Lipinski definition) is 0. The van der Waals surface area contributed by atoms with E-state index in [1.807, 2.05) is 56.9 Å². The van der Waals surface area contributed by atoms with Crippen LogP contribution in [0.1, 0.15) is 58.8 Å². The van der Waals surface area contributed by atoms with Gasteiger partial charge in [-0.1, -0.05) is 32.9 Å². The average Bonchev–Trinajstić information content (AvgIpc) is 2.93. The number of rotatable bonds is 2. The molecular weight excluding hydrogens is 395 g/mol. The highest BCUT2D eigenvalue weighted by atomic mass is 16.7. The fourth-order valence-electron chi connectivity index (χ4n) is 4.02.